The zero-order valence-electron chi connectivity index (χ0n) is 16.0. The van der Waals surface area contributed by atoms with Crippen molar-refractivity contribution < 1.29 is 14.4 Å². The molecular weight excluding hydrogens is 372 g/mol. The van der Waals surface area contributed by atoms with Gasteiger partial charge in [-0.1, -0.05) is 30.0 Å². The van der Waals surface area contributed by atoms with Crippen LogP contribution in [0, 0.1) is 6.92 Å². The fraction of sp³-hybridized carbons (Fsp3) is 0.333. The molecule has 146 valence electrons. The molecule has 0 unspecified atom stereocenters. The summed E-state index contributed by atoms with van der Waals surface area (Å²) in [7, 11) is 0. The summed E-state index contributed by atoms with van der Waals surface area (Å²) in [5.41, 5.74) is 5.21. The predicted octanol–water partition coefficient (Wildman–Crippen LogP) is 2.02. The Morgan fingerprint density at radius 1 is 1.21 bits per heavy atom. The number of aromatic nitrogens is 2. The number of imidazole rings is 1. The zero-order valence-corrected chi connectivity index (χ0v) is 16.8. The highest BCUT2D eigenvalue weighted by atomic mass is 32.2. The van der Waals surface area contributed by atoms with Crippen molar-refractivity contribution in [3.05, 3.63) is 53.6 Å². The maximum Gasteiger partial charge on any atom is 0.234 e. The molecule has 0 saturated carbocycles. The standard InChI is InChI=1S/C21H24N4O2S/c1-15-2-7-18-19(12-15)24-21(23-18)28-14-20(26)22-17-5-3-16(4-6-17)13-25-8-10-27-11-9-25/h2-7,12H,8-11,13-14H2,1H3,(H,22,26)(H,23,24)/p+1. The van der Waals surface area contributed by atoms with E-state index < -0.39 is 0 Å². The highest BCUT2D eigenvalue weighted by Crippen LogP contribution is 2.20. The maximum absolute atomic E-state index is 12.3. The highest BCUT2D eigenvalue weighted by Gasteiger charge is 2.14. The molecule has 28 heavy (non-hydrogen) atoms. The number of nitrogens with one attached hydrogen (secondary N) is 3. The first-order chi connectivity index (χ1) is 13.7. The number of quaternary nitrogens is 1. The van der Waals surface area contributed by atoms with Crippen molar-refractivity contribution in [2.45, 2.75) is 18.6 Å². The molecule has 4 rings (SSSR count). The number of morpholine rings is 1. The number of fused-ring (bicyclic) bond motifs is 1. The van der Waals surface area contributed by atoms with E-state index in [2.05, 4.69) is 33.5 Å². The third-order valence-electron chi connectivity index (χ3n) is 4.85. The minimum atomic E-state index is -0.0341. The van der Waals surface area contributed by atoms with Crippen molar-refractivity contribution in [2.75, 3.05) is 37.4 Å². The molecular formula is C21H25N4O2S+. The van der Waals surface area contributed by atoms with Crippen molar-refractivity contribution in [2.24, 2.45) is 0 Å². The number of aromatic amines is 1. The van der Waals surface area contributed by atoms with Gasteiger partial charge in [0.1, 0.15) is 19.6 Å². The van der Waals surface area contributed by atoms with E-state index >= 15 is 0 Å². The molecule has 7 heteroatoms. The second-order valence-corrected chi connectivity index (χ2v) is 8.10. The van der Waals surface area contributed by atoms with Gasteiger partial charge in [0, 0.05) is 11.3 Å². The number of benzene rings is 2. The Labute approximate surface area is 168 Å². The first-order valence-corrected chi connectivity index (χ1v) is 10.5. The molecule has 0 atom stereocenters. The number of rotatable bonds is 6. The zero-order chi connectivity index (χ0) is 19.3. The van der Waals surface area contributed by atoms with E-state index in [0.717, 1.165) is 54.7 Å². The first-order valence-electron chi connectivity index (χ1n) is 9.55. The minimum Gasteiger partial charge on any atom is -0.370 e. The van der Waals surface area contributed by atoms with Crippen LogP contribution in [0.25, 0.3) is 11.0 Å². The Morgan fingerprint density at radius 3 is 2.79 bits per heavy atom. The summed E-state index contributed by atoms with van der Waals surface area (Å²) >= 11 is 1.41. The molecule has 3 aromatic rings. The Morgan fingerprint density at radius 2 is 2.00 bits per heavy atom. The van der Waals surface area contributed by atoms with E-state index in [-0.39, 0.29) is 5.91 Å². The van der Waals surface area contributed by atoms with Crippen LogP contribution in [0.3, 0.4) is 0 Å². The second-order valence-electron chi connectivity index (χ2n) is 7.14. The Balaban J connectivity index is 1.28. The van der Waals surface area contributed by atoms with Gasteiger partial charge in [0.05, 0.1) is 30.0 Å². The van der Waals surface area contributed by atoms with Gasteiger partial charge in [-0.05, 0) is 36.8 Å². The van der Waals surface area contributed by atoms with Crippen molar-refractivity contribution >= 4 is 34.4 Å². The van der Waals surface area contributed by atoms with Gasteiger partial charge >= 0.3 is 0 Å². The number of anilines is 1. The summed E-state index contributed by atoms with van der Waals surface area (Å²) in [5, 5.41) is 3.72. The Kier molecular flexibility index (Phi) is 5.95. The fourth-order valence-corrected chi connectivity index (χ4v) is 4.02. The molecule has 3 N–H and O–H groups in total. The largest absolute Gasteiger partial charge is 0.370 e. The first kappa shape index (κ1) is 19.0. The van der Waals surface area contributed by atoms with Crippen molar-refractivity contribution in [1.82, 2.24) is 9.97 Å². The summed E-state index contributed by atoms with van der Waals surface area (Å²) in [4.78, 5) is 21.6. The molecule has 0 radical (unpaired) electrons. The van der Waals surface area contributed by atoms with E-state index in [0.29, 0.717) is 5.75 Å². The van der Waals surface area contributed by atoms with E-state index in [1.807, 2.05) is 31.2 Å². The number of nitrogens with zero attached hydrogens (tertiary/aromatic N) is 1. The lowest BCUT2D eigenvalue weighted by atomic mass is 10.2. The molecule has 2 aromatic carbocycles. The van der Waals surface area contributed by atoms with Gasteiger partial charge in [-0.2, -0.15) is 0 Å². The van der Waals surface area contributed by atoms with E-state index in [1.54, 1.807) is 4.90 Å². The van der Waals surface area contributed by atoms with Gasteiger partial charge in [0.2, 0.25) is 5.91 Å². The average Bonchev–Trinajstić information content (AvgIpc) is 3.11. The monoisotopic (exact) mass is 397 g/mol. The highest BCUT2D eigenvalue weighted by molar-refractivity contribution is 7.99. The van der Waals surface area contributed by atoms with Crippen LogP contribution in [0.1, 0.15) is 11.1 Å². The molecule has 2 heterocycles. The minimum absolute atomic E-state index is 0.0341. The summed E-state index contributed by atoms with van der Waals surface area (Å²) in [6, 6.07) is 14.2. The SMILES string of the molecule is Cc1ccc2nc(SCC(=O)Nc3ccc(C[NH+]4CCOCC4)cc3)[nH]c2c1. The fourth-order valence-electron chi connectivity index (χ4n) is 3.33. The van der Waals surface area contributed by atoms with Crippen molar-refractivity contribution in [1.29, 1.82) is 0 Å². The van der Waals surface area contributed by atoms with Gasteiger partial charge in [0.15, 0.2) is 5.16 Å². The van der Waals surface area contributed by atoms with Gasteiger partial charge in [-0.25, -0.2) is 4.98 Å². The molecule has 1 fully saturated rings. The lowest BCUT2D eigenvalue weighted by Crippen LogP contribution is -3.12. The van der Waals surface area contributed by atoms with Crippen molar-refractivity contribution in [3.63, 3.8) is 0 Å². The summed E-state index contributed by atoms with van der Waals surface area (Å²) in [6.45, 7) is 6.83. The Hall–Kier alpha value is -2.35. The third-order valence-corrected chi connectivity index (χ3v) is 5.72. The number of ether oxygens (including phenoxy) is 1. The molecule has 0 aliphatic carbocycles. The summed E-state index contributed by atoms with van der Waals surface area (Å²) in [6.07, 6.45) is 0. The van der Waals surface area contributed by atoms with E-state index in [1.165, 1.54) is 22.9 Å². The van der Waals surface area contributed by atoms with Crippen LogP contribution in [-0.4, -0.2) is 47.9 Å². The van der Waals surface area contributed by atoms with Crippen LogP contribution in [0.4, 0.5) is 5.69 Å². The molecule has 6 nitrogen and oxygen atoms in total. The molecule has 1 aromatic heterocycles. The van der Waals surface area contributed by atoms with Gasteiger partial charge < -0.3 is 19.9 Å². The van der Waals surface area contributed by atoms with Crippen LogP contribution in [0.5, 0.6) is 0 Å². The maximum atomic E-state index is 12.3. The smallest absolute Gasteiger partial charge is 0.234 e. The van der Waals surface area contributed by atoms with Gasteiger partial charge in [-0.3, -0.25) is 4.79 Å². The molecule has 1 aliphatic heterocycles. The number of carbonyl (C=O) groups is 1. The lowest BCUT2D eigenvalue weighted by Gasteiger charge is -2.23. The lowest BCUT2D eigenvalue weighted by molar-refractivity contribution is -0.921. The number of carbonyl (C=O) groups excluding carboxylic acids is 1. The van der Waals surface area contributed by atoms with E-state index in [4.69, 9.17) is 4.74 Å². The topological polar surface area (TPSA) is 71.4 Å². The van der Waals surface area contributed by atoms with Crippen LogP contribution < -0.4 is 10.2 Å². The van der Waals surface area contributed by atoms with Crippen LogP contribution >= 0.6 is 11.8 Å². The predicted molar refractivity (Wildman–Crippen MR) is 112 cm³/mol. The average molecular weight is 398 g/mol. The van der Waals surface area contributed by atoms with E-state index in [9.17, 15) is 4.79 Å². The number of H-pyrrole nitrogens is 1. The summed E-state index contributed by atoms with van der Waals surface area (Å²) in [5.74, 6) is 0.284. The quantitative estimate of drug-likeness (QED) is 0.557. The number of amides is 1. The number of hydrogen-bond donors (Lipinski definition) is 3. The summed E-state index contributed by atoms with van der Waals surface area (Å²) < 4.78 is 5.40. The van der Waals surface area contributed by atoms with Crippen molar-refractivity contribution in [3.8, 4) is 0 Å². The van der Waals surface area contributed by atoms with Crippen LogP contribution in [0.2, 0.25) is 0 Å². The Bertz CT molecular complexity index is 949. The molecule has 1 saturated heterocycles. The van der Waals surface area contributed by atoms with Gasteiger partial charge in [-0.15, -0.1) is 0 Å². The molecule has 0 spiro atoms. The normalized spacial score (nSPS) is 15.0. The van der Waals surface area contributed by atoms with Crippen LogP contribution in [0.15, 0.2) is 47.6 Å². The van der Waals surface area contributed by atoms with Gasteiger partial charge in [0.25, 0.3) is 0 Å². The second kappa shape index (κ2) is 8.77. The third kappa shape index (κ3) is 4.92. The molecule has 1 aliphatic rings. The number of hydrogen-bond acceptors (Lipinski definition) is 4. The number of aryl methyl sites for hydroxylation is 1. The molecule has 1 amide bonds. The number of thioether (sulfide) groups is 1. The van der Waals surface area contributed by atoms with Crippen LogP contribution in [-0.2, 0) is 16.1 Å². The molecule has 0 bridgehead atoms.